The fraction of sp³-hybridized carbons (Fsp3) is 0.143. The summed E-state index contributed by atoms with van der Waals surface area (Å²) >= 11 is 8.56. The van der Waals surface area contributed by atoms with E-state index >= 15 is 0 Å². The van der Waals surface area contributed by atoms with Gasteiger partial charge in [0.25, 0.3) is 0 Å². The Kier molecular flexibility index (Phi) is 2.69. The average Bonchev–Trinajstić information content (AvgIpc) is 2.04. The summed E-state index contributed by atoms with van der Waals surface area (Å²) in [5.41, 5.74) is 0. The fourth-order valence-electron chi connectivity index (χ4n) is 0.620. The van der Waals surface area contributed by atoms with Crippen molar-refractivity contribution in [3.8, 4) is 0 Å². The van der Waals surface area contributed by atoms with Crippen molar-refractivity contribution in [2.45, 2.75) is 6.42 Å². The van der Waals surface area contributed by atoms with Crippen molar-refractivity contribution in [2.24, 2.45) is 0 Å². The molecule has 0 N–H and O–H groups in total. The standard InChI is InChI=1S/C7H5BrClF/c8-5-3-1-2-4-6(9)7(5)10/h2-4H,1H2. The second-order valence-electron chi connectivity index (χ2n) is 1.85. The van der Waals surface area contributed by atoms with E-state index in [0.717, 1.165) is 0 Å². The summed E-state index contributed by atoms with van der Waals surface area (Å²) in [6, 6.07) is 0. The lowest BCUT2D eigenvalue weighted by Gasteiger charge is -1.92. The third-order valence-corrected chi connectivity index (χ3v) is 2.08. The van der Waals surface area contributed by atoms with E-state index in [4.69, 9.17) is 11.6 Å². The first-order valence-electron chi connectivity index (χ1n) is 2.79. The lowest BCUT2D eigenvalue weighted by atomic mass is 10.4. The summed E-state index contributed by atoms with van der Waals surface area (Å²) in [5.74, 6) is -0.393. The molecule has 0 heterocycles. The van der Waals surface area contributed by atoms with Crippen molar-refractivity contribution >= 4 is 27.5 Å². The van der Waals surface area contributed by atoms with Gasteiger partial charge in [-0.05, 0) is 28.4 Å². The van der Waals surface area contributed by atoms with Crippen molar-refractivity contribution < 1.29 is 4.39 Å². The van der Waals surface area contributed by atoms with Crippen LogP contribution in [-0.4, -0.2) is 0 Å². The van der Waals surface area contributed by atoms with Gasteiger partial charge < -0.3 is 0 Å². The van der Waals surface area contributed by atoms with E-state index in [9.17, 15) is 4.39 Å². The van der Waals surface area contributed by atoms with Crippen LogP contribution in [0.3, 0.4) is 0 Å². The van der Waals surface area contributed by atoms with Gasteiger partial charge in [-0.25, -0.2) is 4.39 Å². The molecule has 0 aliphatic heterocycles. The van der Waals surface area contributed by atoms with Gasteiger partial charge in [0.2, 0.25) is 0 Å². The smallest absolute Gasteiger partial charge is 0.155 e. The monoisotopic (exact) mass is 222 g/mol. The summed E-state index contributed by atoms with van der Waals surface area (Å²) in [6.07, 6.45) is 5.79. The highest BCUT2D eigenvalue weighted by Crippen LogP contribution is 2.27. The molecule has 0 saturated carbocycles. The highest BCUT2D eigenvalue weighted by Gasteiger charge is 2.06. The predicted molar refractivity (Wildman–Crippen MR) is 44.8 cm³/mol. The molecule has 0 unspecified atom stereocenters. The fourth-order valence-corrected chi connectivity index (χ4v) is 1.33. The van der Waals surface area contributed by atoms with Gasteiger partial charge in [-0.1, -0.05) is 23.8 Å². The van der Waals surface area contributed by atoms with E-state index in [1.807, 2.05) is 0 Å². The molecule has 1 aliphatic rings. The summed E-state index contributed by atoms with van der Waals surface area (Å²) in [5, 5.41) is 0.153. The Bertz CT molecular complexity index is 228. The first-order valence-corrected chi connectivity index (χ1v) is 3.97. The summed E-state index contributed by atoms with van der Waals surface area (Å²) in [7, 11) is 0. The van der Waals surface area contributed by atoms with Crippen molar-refractivity contribution in [1.82, 2.24) is 0 Å². The number of rotatable bonds is 0. The van der Waals surface area contributed by atoms with Crippen molar-refractivity contribution in [3.05, 3.63) is 33.6 Å². The molecule has 0 amide bonds. The Morgan fingerprint density at radius 3 is 3.00 bits per heavy atom. The molecule has 54 valence electrons. The van der Waals surface area contributed by atoms with Crippen LogP contribution in [0.25, 0.3) is 0 Å². The Labute approximate surface area is 72.2 Å². The van der Waals surface area contributed by atoms with Crippen LogP contribution in [0, 0.1) is 0 Å². The molecule has 0 aromatic carbocycles. The highest BCUT2D eigenvalue weighted by molar-refractivity contribution is 9.11. The summed E-state index contributed by atoms with van der Waals surface area (Å²) in [4.78, 5) is 0. The largest absolute Gasteiger partial charge is 0.204 e. The quantitative estimate of drug-likeness (QED) is 0.588. The molecule has 0 aromatic rings. The third-order valence-electron chi connectivity index (χ3n) is 1.12. The van der Waals surface area contributed by atoms with Gasteiger partial charge in [0.15, 0.2) is 5.83 Å². The number of hydrogen-bond donors (Lipinski definition) is 0. The average molecular weight is 223 g/mol. The topological polar surface area (TPSA) is 0 Å². The van der Waals surface area contributed by atoms with Gasteiger partial charge in [0, 0.05) is 0 Å². The zero-order valence-electron chi connectivity index (χ0n) is 5.07. The zero-order valence-corrected chi connectivity index (χ0v) is 7.41. The van der Waals surface area contributed by atoms with Crippen LogP contribution in [0.15, 0.2) is 33.6 Å². The zero-order chi connectivity index (χ0) is 7.56. The van der Waals surface area contributed by atoms with E-state index in [1.165, 1.54) is 0 Å². The summed E-state index contributed by atoms with van der Waals surface area (Å²) in [6.45, 7) is 0. The Morgan fingerprint density at radius 2 is 2.30 bits per heavy atom. The number of halogens is 3. The predicted octanol–water partition coefficient (Wildman–Crippen LogP) is 3.65. The van der Waals surface area contributed by atoms with E-state index in [-0.39, 0.29) is 5.03 Å². The van der Waals surface area contributed by atoms with E-state index in [0.29, 0.717) is 10.9 Å². The van der Waals surface area contributed by atoms with Crippen LogP contribution >= 0.6 is 27.5 Å². The molecule has 0 atom stereocenters. The normalized spacial score (nSPS) is 18.9. The van der Waals surface area contributed by atoms with Crippen molar-refractivity contribution in [2.75, 3.05) is 0 Å². The van der Waals surface area contributed by atoms with Gasteiger partial charge in [-0.15, -0.1) is 0 Å². The summed E-state index contributed by atoms with van der Waals surface area (Å²) < 4.78 is 13.2. The third kappa shape index (κ3) is 1.70. The highest BCUT2D eigenvalue weighted by atomic mass is 79.9. The Morgan fingerprint density at radius 1 is 1.60 bits per heavy atom. The minimum Gasteiger partial charge on any atom is -0.204 e. The van der Waals surface area contributed by atoms with Gasteiger partial charge in [0.1, 0.15) is 0 Å². The molecule has 0 radical (unpaired) electrons. The first kappa shape index (κ1) is 8.02. The van der Waals surface area contributed by atoms with Gasteiger partial charge in [0.05, 0.1) is 9.51 Å². The second-order valence-corrected chi connectivity index (χ2v) is 3.11. The number of allylic oxidation sites excluding steroid dienone is 6. The van der Waals surface area contributed by atoms with E-state index < -0.39 is 5.83 Å². The van der Waals surface area contributed by atoms with Crippen molar-refractivity contribution in [1.29, 1.82) is 0 Å². The van der Waals surface area contributed by atoms with Crippen LogP contribution in [0.4, 0.5) is 4.39 Å². The lowest BCUT2D eigenvalue weighted by Crippen LogP contribution is -1.73. The first-order chi connectivity index (χ1) is 4.72. The maximum Gasteiger partial charge on any atom is 0.155 e. The SMILES string of the molecule is FC1=C(Cl)C=CCC=C1Br. The second kappa shape index (κ2) is 3.35. The van der Waals surface area contributed by atoms with Crippen LogP contribution in [0.1, 0.15) is 6.42 Å². The van der Waals surface area contributed by atoms with E-state index in [1.54, 1.807) is 18.2 Å². The molecule has 10 heavy (non-hydrogen) atoms. The molecule has 1 rings (SSSR count). The van der Waals surface area contributed by atoms with Crippen LogP contribution in [0.5, 0.6) is 0 Å². The van der Waals surface area contributed by atoms with Crippen LogP contribution in [-0.2, 0) is 0 Å². The maximum absolute atomic E-state index is 12.8. The molecule has 0 fully saturated rings. The van der Waals surface area contributed by atoms with Gasteiger partial charge in [-0.3, -0.25) is 0 Å². The number of hydrogen-bond acceptors (Lipinski definition) is 0. The molecule has 0 saturated heterocycles. The van der Waals surface area contributed by atoms with Gasteiger partial charge in [-0.2, -0.15) is 0 Å². The molecular weight excluding hydrogens is 218 g/mol. The van der Waals surface area contributed by atoms with Crippen LogP contribution in [0.2, 0.25) is 0 Å². The molecule has 1 aliphatic carbocycles. The maximum atomic E-state index is 12.8. The van der Waals surface area contributed by atoms with Gasteiger partial charge >= 0.3 is 0 Å². The molecular formula is C7H5BrClF. The lowest BCUT2D eigenvalue weighted by molar-refractivity contribution is 0.662. The molecule has 0 aromatic heterocycles. The molecule has 0 bridgehead atoms. The molecule has 0 nitrogen and oxygen atoms in total. The van der Waals surface area contributed by atoms with E-state index in [2.05, 4.69) is 15.9 Å². The molecule has 3 heteroatoms. The molecule has 0 spiro atoms. The van der Waals surface area contributed by atoms with Crippen LogP contribution < -0.4 is 0 Å². The minimum atomic E-state index is -0.393. The minimum absolute atomic E-state index is 0.153. The Balaban J connectivity index is 3.02. The van der Waals surface area contributed by atoms with Crippen molar-refractivity contribution in [3.63, 3.8) is 0 Å². The Hall–Kier alpha value is -0.0800.